The average molecular weight is 383 g/mol. The van der Waals surface area contributed by atoms with E-state index in [0.29, 0.717) is 6.54 Å². The van der Waals surface area contributed by atoms with E-state index in [0.717, 1.165) is 11.1 Å². The molecule has 0 aliphatic heterocycles. The minimum absolute atomic E-state index is 0.0616. The van der Waals surface area contributed by atoms with Gasteiger partial charge in [-0.25, -0.2) is 4.79 Å². The Bertz CT molecular complexity index is 761. The lowest BCUT2D eigenvalue weighted by molar-refractivity contribution is -0.145. The maximum absolute atomic E-state index is 12.6. The molecule has 0 saturated carbocycles. The van der Waals surface area contributed by atoms with Crippen LogP contribution in [0.4, 0.5) is 4.79 Å². The van der Waals surface area contributed by atoms with Gasteiger partial charge in [0.15, 0.2) is 0 Å². The minimum atomic E-state index is -0.547. The standard InChI is InChI=1S/C22H25NO5/c1-2-27-21(25)15-20(24)13-14-23(16-18-9-5-3-6-10-18)22(26)28-17-19-11-7-4-8-12-19/h3-12H,2,13-17H2,1H3. The van der Waals surface area contributed by atoms with E-state index in [4.69, 9.17) is 9.47 Å². The van der Waals surface area contributed by atoms with Crippen molar-refractivity contribution in [1.82, 2.24) is 4.90 Å². The van der Waals surface area contributed by atoms with Gasteiger partial charge in [-0.3, -0.25) is 9.59 Å². The van der Waals surface area contributed by atoms with E-state index < -0.39 is 12.1 Å². The molecule has 148 valence electrons. The maximum Gasteiger partial charge on any atom is 0.410 e. The van der Waals surface area contributed by atoms with E-state index in [9.17, 15) is 14.4 Å². The number of ether oxygens (including phenoxy) is 2. The highest BCUT2D eigenvalue weighted by Gasteiger charge is 2.18. The van der Waals surface area contributed by atoms with E-state index in [1.807, 2.05) is 60.7 Å². The van der Waals surface area contributed by atoms with E-state index in [1.165, 1.54) is 4.90 Å². The van der Waals surface area contributed by atoms with Crippen LogP contribution in [0.15, 0.2) is 60.7 Å². The summed E-state index contributed by atoms with van der Waals surface area (Å²) in [5, 5.41) is 0. The number of hydrogen-bond donors (Lipinski definition) is 0. The van der Waals surface area contributed by atoms with Gasteiger partial charge in [-0.2, -0.15) is 0 Å². The monoisotopic (exact) mass is 383 g/mol. The number of amides is 1. The molecule has 0 heterocycles. The van der Waals surface area contributed by atoms with Gasteiger partial charge >= 0.3 is 12.1 Å². The van der Waals surface area contributed by atoms with Gasteiger partial charge in [0.25, 0.3) is 0 Å². The molecule has 6 heteroatoms. The first-order valence-electron chi connectivity index (χ1n) is 9.25. The molecule has 2 aromatic carbocycles. The van der Waals surface area contributed by atoms with Crippen molar-refractivity contribution in [3.8, 4) is 0 Å². The molecule has 0 aromatic heterocycles. The van der Waals surface area contributed by atoms with Crippen LogP contribution >= 0.6 is 0 Å². The molecular formula is C22H25NO5. The third-order valence-corrected chi connectivity index (χ3v) is 3.99. The second-order valence-corrected chi connectivity index (χ2v) is 6.22. The van der Waals surface area contributed by atoms with Crippen LogP contribution < -0.4 is 0 Å². The average Bonchev–Trinajstić information content (AvgIpc) is 2.71. The first-order chi connectivity index (χ1) is 13.6. The summed E-state index contributed by atoms with van der Waals surface area (Å²) >= 11 is 0. The molecule has 0 bridgehead atoms. The summed E-state index contributed by atoms with van der Waals surface area (Å²) in [6, 6.07) is 18.8. The number of esters is 1. The number of carbonyl (C=O) groups excluding carboxylic acids is 3. The van der Waals surface area contributed by atoms with Crippen LogP contribution in [0.1, 0.15) is 30.9 Å². The van der Waals surface area contributed by atoms with Crippen molar-refractivity contribution >= 4 is 17.8 Å². The number of rotatable bonds is 10. The van der Waals surface area contributed by atoms with E-state index >= 15 is 0 Å². The SMILES string of the molecule is CCOC(=O)CC(=O)CCN(Cc1ccccc1)C(=O)OCc1ccccc1. The van der Waals surface area contributed by atoms with Gasteiger partial charge in [-0.1, -0.05) is 60.7 Å². The normalized spacial score (nSPS) is 10.2. The molecule has 6 nitrogen and oxygen atoms in total. The molecule has 1 amide bonds. The van der Waals surface area contributed by atoms with Crippen molar-refractivity contribution in [2.75, 3.05) is 13.2 Å². The number of carbonyl (C=O) groups is 3. The fourth-order valence-electron chi connectivity index (χ4n) is 2.57. The molecule has 28 heavy (non-hydrogen) atoms. The second-order valence-electron chi connectivity index (χ2n) is 6.22. The van der Waals surface area contributed by atoms with Crippen molar-refractivity contribution < 1.29 is 23.9 Å². The van der Waals surface area contributed by atoms with Crippen molar-refractivity contribution in [3.05, 3.63) is 71.8 Å². The van der Waals surface area contributed by atoms with Gasteiger partial charge in [0.05, 0.1) is 6.61 Å². The predicted molar refractivity (Wildman–Crippen MR) is 104 cm³/mol. The molecule has 0 N–H and O–H groups in total. The van der Waals surface area contributed by atoms with Crippen LogP contribution in [0.25, 0.3) is 0 Å². The number of ketones is 1. The zero-order chi connectivity index (χ0) is 20.2. The molecule has 2 aromatic rings. The highest BCUT2D eigenvalue weighted by Crippen LogP contribution is 2.10. The van der Waals surface area contributed by atoms with Gasteiger partial charge in [-0.05, 0) is 18.1 Å². The van der Waals surface area contributed by atoms with Crippen LogP contribution in [0, 0.1) is 0 Å². The fraction of sp³-hybridized carbons (Fsp3) is 0.318. The summed E-state index contributed by atoms with van der Waals surface area (Å²) in [7, 11) is 0. The van der Waals surface area contributed by atoms with Crippen LogP contribution in [0.2, 0.25) is 0 Å². The Hall–Kier alpha value is -3.15. The number of benzene rings is 2. The summed E-state index contributed by atoms with van der Waals surface area (Å²) < 4.78 is 10.2. The second kappa shape index (κ2) is 11.5. The summed E-state index contributed by atoms with van der Waals surface area (Å²) in [5.41, 5.74) is 1.81. The van der Waals surface area contributed by atoms with Crippen LogP contribution in [-0.2, 0) is 32.2 Å². The van der Waals surface area contributed by atoms with Gasteiger partial charge in [-0.15, -0.1) is 0 Å². The Morgan fingerprint density at radius 2 is 1.46 bits per heavy atom. The molecule has 0 aliphatic carbocycles. The molecule has 0 unspecified atom stereocenters. The van der Waals surface area contributed by atoms with Crippen molar-refractivity contribution in [2.45, 2.75) is 32.9 Å². The zero-order valence-electron chi connectivity index (χ0n) is 16.0. The van der Waals surface area contributed by atoms with Crippen molar-refractivity contribution in [2.24, 2.45) is 0 Å². The lowest BCUT2D eigenvalue weighted by Crippen LogP contribution is -2.33. The lowest BCUT2D eigenvalue weighted by Gasteiger charge is -2.22. The van der Waals surface area contributed by atoms with E-state index in [1.54, 1.807) is 6.92 Å². The van der Waals surface area contributed by atoms with Gasteiger partial charge in [0, 0.05) is 19.5 Å². The number of nitrogens with zero attached hydrogens (tertiary/aromatic N) is 1. The third-order valence-electron chi connectivity index (χ3n) is 3.99. The maximum atomic E-state index is 12.6. The van der Waals surface area contributed by atoms with Gasteiger partial charge in [0.1, 0.15) is 18.8 Å². The lowest BCUT2D eigenvalue weighted by atomic mass is 10.2. The Balaban J connectivity index is 1.94. The highest BCUT2D eigenvalue weighted by molar-refractivity contribution is 5.95. The summed E-state index contributed by atoms with van der Waals surface area (Å²) in [4.78, 5) is 37.5. The summed E-state index contributed by atoms with van der Waals surface area (Å²) in [6.45, 7) is 2.56. The largest absolute Gasteiger partial charge is 0.466 e. The number of Topliss-reactive ketones (excluding diaryl/α,β-unsaturated/α-hetero) is 1. The minimum Gasteiger partial charge on any atom is -0.466 e. The van der Waals surface area contributed by atoms with Crippen LogP contribution in [0.3, 0.4) is 0 Å². The molecule has 0 saturated heterocycles. The van der Waals surface area contributed by atoms with Crippen LogP contribution in [-0.4, -0.2) is 35.9 Å². The molecule has 0 fully saturated rings. The van der Waals surface area contributed by atoms with Crippen molar-refractivity contribution in [3.63, 3.8) is 0 Å². The topological polar surface area (TPSA) is 72.9 Å². The molecule has 0 radical (unpaired) electrons. The predicted octanol–water partition coefficient (Wildman–Crippen LogP) is 3.74. The zero-order valence-corrected chi connectivity index (χ0v) is 16.0. The van der Waals surface area contributed by atoms with Crippen LogP contribution in [0.5, 0.6) is 0 Å². The van der Waals surface area contributed by atoms with Crippen molar-refractivity contribution in [1.29, 1.82) is 0 Å². The first-order valence-corrected chi connectivity index (χ1v) is 9.25. The number of hydrogen-bond acceptors (Lipinski definition) is 5. The van der Waals surface area contributed by atoms with Gasteiger partial charge < -0.3 is 14.4 Å². The summed E-state index contributed by atoms with van der Waals surface area (Å²) in [5.74, 6) is -0.818. The van der Waals surface area contributed by atoms with E-state index in [2.05, 4.69) is 0 Å². The molecule has 0 aliphatic rings. The van der Waals surface area contributed by atoms with Gasteiger partial charge in [0.2, 0.25) is 0 Å². The fourth-order valence-corrected chi connectivity index (χ4v) is 2.57. The smallest absolute Gasteiger partial charge is 0.410 e. The summed E-state index contributed by atoms with van der Waals surface area (Å²) in [6.07, 6.45) is -0.727. The molecule has 0 spiro atoms. The van der Waals surface area contributed by atoms with E-state index in [-0.39, 0.29) is 38.4 Å². The quantitative estimate of drug-likeness (QED) is 0.462. The Labute approximate surface area is 165 Å². The Morgan fingerprint density at radius 3 is 2.07 bits per heavy atom. The molecular weight excluding hydrogens is 358 g/mol. The highest BCUT2D eigenvalue weighted by atomic mass is 16.6. The third kappa shape index (κ3) is 7.61. The Kier molecular flexibility index (Phi) is 8.72. The Morgan fingerprint density at radius 1 is 0.857 bits per heavy atom. The molecule has 2 rings (SSSR count). The first kappa shape index (κ1) is 21.2. The molecule has 0 atom stereocenters.